The van der Waals surface area contributed by atoms with Crippen LogP contribution < -0.4 is 10.0 Å². The number of nitrogens with one attached hydrogen (secondary N) is 2. The Kier molecular flexibility index (Phi) is 3.23. The quantitative estimate of drug-likeness (QED) is 0.814. The average molecular weight is 306 g/mol. The molecule has 0 atom stereocenters. The van der Waals surface area contributed by atoms with E-state index in [1.165, 1.54) is 25.7 Å². The first-order valence-corrected chi connectivity index (χ1v) is 9.50. The predicted octanol–water partition coefficient (Wildman–Crippen LogP) is 2.73. The highest BCUT2D eigenvalue weighted by Gasteiger charge is 2.42. The molecule has 3 aliphatic rings. The lowest BCUT2D eigenvalue weighted by molar-refractivity contribution is 0.563. The molecule has 0 amide bonds. The van der Waals surface area contributed by atoms with Gasteiger partial charge in [-0.2, -0.15) is 0 Å². The Morgan fingerprint density at radius 3 is 2.14 bits per heavy atom. The molecule has 0 bridgehead atoms. The lowest BCUT2D eigenvalue weighted by Gasteiger charge is -2.21. The lowest BCUT2D eigenvalue weighted by atomic mass is 10.1. The lowest BCUT2D eigenvalue weighted by Crippen LogP contribution is -2.29. The molecule has 0 radical (unpaired) electrons. The Bertz CT molecular complexity index is 619. The second-order valence-electron chi connectivity index (χ2n) is 6.74. The molecule has 3 fully saturated rings. The summed E-state index contributed by atoms with van der Waals surface area (Å²) in [7, 11) is -3.40. The number of hydrogen-bond donors (Lipinski definition) is 2. The Hall–Kier alpha value is -1.07. The van der Waals surface area contributed by atoms with E-state index in [4.69, 9.17) is 0 Å². The first-order chi connectivity index (χ1) is 10.1. The third kappa shape index (κ3) is 3.09. The summed E-state index contributed by atoms with van der Waals surface area (Å²) in [4.78, 5) is 0.406. The van der Waals surface area contributed by atoms with Gasteiger partial charge in [-0.3, -0.25) is 0 Å². The van der Waals surface area contributed by atoms with Gasteiger partial charge in [0.2, 0.25) is 10.0 Å². The topological polar surface area (TPSA) is 58.2 Å². The van der Waals surface area contributed by atoms with Crippen molar-refractivity contribution in [3.63, 3.8) is 0 Å². The van der Waals surface area contributed by atoms with Crippen LogP contribution in [0.5, 0.6) is 0 Å². The molecule has 1 aromatic rings. The predicted molar refractivity (Wildman–Crippen MR) is 82.6 cm³/mol. The molecular weight excluding hydrogens is 284 g/mol. The van der Waals surface area contributed by atoms with Gasteiger partial charge in [-0.05, 0) is 62.5 Å². The van der Waals surface area contributed by atoms with Crippen LogP contribution in [-0.4, -0.2) is 20.5 Å². The smallest absolute Gasteiger partial charge is 0.242 e. The van der Waals surface area contributed by atoms with Crippen LogP contribution in [0.4, 0.5) is 5.69 Å². The molecule has 4 rings (SSSR count). The van der Waals surface area contributed by atoms with Crippen LogP contribution in [0.25, 0.3) is 0 Å². The minimum Gasteiger partial charge on any atom is -0.381 e. The number of rotatable bonds is 7. The third-order valence-corrected chi connectivity index (χ3v) is 6.24. The third-order valence-electron chi connectivity index (χ3n) is 4.66. The molecule has 4 nitrogen and oxygen atoms in total. The van der Waals surface area contributed by atoms with E-state index in [9.17, 15) is 8.42 Å². The van der Waals surface area contributed by atoms with Crippen molar-refractivity contribution < 1.29 is 8.42 Å². The molecule has 0 aliphatic heterocycles. The molecule has 5 heteroatoms. The summed E-state index contributed by atoms with van der Waals surface area (Å²) in [5.74, 6) is 1.48. The average Bonchev–Trinajstić information content (AvgIpc) is 3.30. The fourth-order valence-corrected chi connectivity index (χ4v) is 4.49. The highest BCUT2D eigenvalue weighted by atomic mass is 32.2. The van der Waals surface area contributed by atoms with Crippen molar-refractivity contribution >= 4 is 15.7 Å². The molecular formula is C16H22N2O2S. The number of para-hydroxylation sites is 1. The van der Waals surface area contributed by atoms with Crippen LogP contribution in [-0.2, 0) is 10.0 Å². The van der Waals surface area contributed by atoms with Gasteiger partial charge in [0.05, 0.1) is 5.69 Å². The van der Waals surface area contributed by atoms with Crippen LogP contribution in [0.15, 0.2) is 29.2 Å². The zero-order valence-corrected chi connectivity index (χ0v) is 12.9. The highest BCUT2D eigenvalue weighted by Crippen LogP contribution is 2.46. The van der Waals surface area contributed by atoms with Crippen molar-refractivity contribution in [3.05, 3.63) is 24.3 Å². The molecule has 0 heterocycles. The summed E-state index contributed by atoms with van der Waals surface area (Å²) in [6.45, 7) is 0. The fourth-order valence-electron chi connectivity index (χ4n) is 3.02. The molecule has 2 N–H and O–H groups in total. The first kappa shape index (κ1) is 13.6. The molecule has 0 unspecified atom stereocenters. The van der Waals surface area contributed by atoms with Gasteiger partial charge in [0.1, 0.15) is 4.90 Å². The van der Waals surface area contributed by atoms with E-state index in [-0.39, 0.29) is 6.04 Å². The molecule has 3 aliphatic carbocycles. The largest absolute Gasteiger partial charge is 0.381 e. The highest BCUT2D eigenvalue weighted by molar-refractivity contribution is 7.89. The van der Waals surface area contributed by atoms with E-state index in [2.05, 4.69) is 10.0 Å². The van der Waals surface area contributed by atoms with Crippen LogP contribution in [0.2, 0.25) is 0 Å². The van der Waals surface area contributed by atoms with E-state index in [1.807, 2.05) is 12.1 Å². The number of hydrogen-bond acceptors (Lipinski definition) is 3. The summed E-state index contributed by atoms with van der Waals surface area (Å²) >= 11 is 0. The van der Waals surface area contributed by atoms with Gasteiger partial charge in [0.15, 0.2) is 0 Å². The Balaban J connectivity index is 1.59. The van der Waals surface area contributed by atoms with Crippen LogP contribution in [0, 0.1) is 11.8 Å². The molecule has 21 heavy (non-hydrogen) atoms. The molecule has 3 saturated carbocycles. The first-order valence-electron chi connectivity index (χ1n) is 8.01. The van der Waals surface area contributed by atoms with Gasteiger partial charge in [0, 0.05) is 12.1 Å². The maximum absolute atomic E-state index is 12.5. The monoisotopic (exact) mass is 306 g/mol. The van der Waals surface area contributed by atoms with Crippen molar-refractivity contribution in [3.8, 4) is 0 Å². The van der Waals surface area contributed by atoms with E-state index in [0.29, 0.717) is 10.9 Å². The Morgan fingerprint density at radius 1 is 0.952 bits per heavy atom. The van der Waals surface area contributed by atoms with Gasteiger partial charge in [-0.15, -0.1) is 0 Å². The van der Waals surface area contributed by atoms with Crippen molar-refractivity contribution in [2.45, 2.75) is 55.5 Å². The van der Waals surface area contributed by atoms with Crippen molar-refractivity contribution in [1.29, 1.82) is 0 Å². The van der Waals surface area contributed by atoms with Crippen molar-refractivity contribution in [2.75, 3.05) is 5.32 Å². The van der Waals surface area contributed by atoms with Crippen molar-refractivity contribution in [1.82, 2.24) is 4.72 Å². The molecule has 1 aromatic carbocycles. The van der Waals surface area contributed by atoms with Gasteiger partial charge >= 0.3 is 0 Å². The molecule has 0 aromatic heterocycles. The second kappa shape index (κ2) is 4.99. The summed E-state index contributed by atoms with van der Waals surface area (Å²) in [6, 6.07) is 7.93. The minimum absolute atomic E-state index is 0.144. The number of anilines is 1. The molecule has 114 valence electrons. The van der Waals surface area contributed by atoms with Crippen LogP contribution in [0.1, 0.15) is 38.5 Å². The van der Waals surface area contributed by atoms with Gasteiger partial charge < -0.3 is 5.32 Å². The zero-order chi connectivity index (χ0) is 14.4. The van der Waals surface area contributed by atoms with Crippen LogP contribution >= 0.6 is 0 Å². The zero-order valence-electron chi connectivity index (χ0n) is 12.1. The summed E-state index contributed by atoms with van der Waals surface area (Å²) < 4.78 is 27.8. The fraction of sp³-hybridized carbons (Fsp3) is 0.625. The minimum atomic E-state index is -3.40. The molecule has 0 saturated heterocycles. The van der Waals surface area contributed by atoms with Crippen LogP contribution in [0.3, 0.4) is 0 Å². The van der Waals surface area contributed by atoms with Gasteiger partial charge in [0.25, 0.3) is 0 Å². The SMILES string of the molecule is O=S(=O)(NC1CC1)c1ccccc1NC(C1CC1)C1CC1. The maximum atomic E-state index is 12.5. The maximum Gasteiger partial charge on any atom is 0.242 e. The van der Waals surface area contributed by atoms with E-state index in [1.54, 1.807) is 12.1 Å². The number of sulfonamides is 1. The van der Waals surface area contributed by atoms with E-state index >= 15 is 0 Å². The summed E-state index contributed by atoms with van der Waals surface area (Å²) in [5, 5.41) is 3.55. The van der Waals surface area contributed by atoms with E-state index < -0.39 is 10.0 Å². The summed E-state index contributed by atoms with van der Waals surface area (Å²) in [6.07, 6.45) is 7.04. The van der Waals surface area contributed by atoms with Gasteiger partial charge in [-0.25, -0.2) is 13.1 Å². The second-order valence-corrected chi connectivity index (χ2v) is 8.42. The van der Waals surface area contributed by atoms with Gasteiger partial charge in [-0.1, -0.05) is 12.1 Å². The van der Waals surface area contributed by atoms with E-state index in [0.717, 1.165) is 30.4 Å². The van der Waals surface area contributed by atoms with Crippen molar-refractivity contribution in [2.24, 2.45) is 11.8 Å². The summed E-state index contributed by atoms with van der Waals surface area (Å²) in [5.41, 5.74) is 0.773. The molecule has 0 spiro atoms. The Morgan fingerprint density at radius 2 is 1.57 bits per heavy atom. The number of benzene rings is 1. The normalized spacial score (nSPS) is 22.5. The standard InChI is InChI=1S/C16H22N2O2S/c19-21(20,18-13-9-10-13)15-4-2-1-3-14(15)17-16(11-5-6-11)12-7-8-12/h1-4,11-13,16-18H,5-10H2. The Labute approximate surface area is 126 Å².